The van der Waals surface area contributed by atoms with Crippen molar-refractivity contribution in [2.45, 2.75) is 19.8 Å². The van der Waals surface area contributed by atoms with Crippen LogP contribution in [-0.2, 0) is 6.42 Å². The molecule has 1 unspecified atom stereocenters. The van der Waals surface area contributed by atoms with Gasteiger partial charge in [0.2, 0.25) is 0 Å². The van der Waals surface area contributed by atoms with Gasteiger partial charge in [0, 0.05) is 30.1 Å². The Hall–Kier alpha value is -1.68. The third-order valence-electron chi connectivity index (χ3n) is 3.43. The summed E-state index contributed by atoms with van der Waals surface area (Å²) in [6, 6.07) is 4.09. The first-order valence-corrected chi connectivity index (χ1v) is 6.50. The maximum Gasteiger partial charge on any atom is 0.129 e. The van der Waals surface area contributed by atoms with Gasteiger partial charge in [0.05, 0.1) is 5.69 Å². The van der Waals surface area contributed by atoms with Crippen molar-refractivity contribution in [1.82, 2.24) is 20.3 Å². The number of aryl methyl sites for hydroxylation is 1. The number of aromatic amines is 1. The highest BCUT2D eigenvalue weighted by atomic mass is 14.9. The van der Waals surface area contributed by atoms with Gasteiger partial charge in [0.1, 0.15) is 5.82 Å². The monoisotopic (exact) mass is 242 g/mol. The van der Waals surface area contributed by atoms with Crippen molar-refractivity contribution in [3.05, 3.63) is 36.0 Å². The number of H-pyrrole nitrogens is 1. The Morgan fingerprint density at radius 3 is 3.06 bits per heavy atom. The second kappa shape index (κ2) is 4.90. The molecule has 94 valence electrons. The topological polar surface area (TPSA) is 53.6 Å². The summed E-state index contributed by atoms with van der Waals surface area (Å²) in [5.74, 6) is 1.66. The molecule has 2 aromatic rings. The van der Waals surface area contributed by atoms with E-state index in [4.69, 9.17) is 0 Å². The Labute approximate surface area is 107 Å². The van der Waals surface area contributed by atoms with E-state index < -0.39 is 0 Å². The number of hydrogen-bond acceptors (Lipinski definition) is 3. The summed E-state index contributed by atoms with van der Waals surface area (Å²) in [7, 11) is 0. The second-order valence-electron chi connectivity index (χ2n) is 4.97. The third kappa shape index (κ3) is 2.43. The van der Waals surface area contributed by atoms with Crippen molar-refractivity contribution in [3.63, 3.8) is 0 Å². The lowest BCUT2D eigenvalue weighted by Crippen LogP contribution is -2.12. The first-order valence-electron chi connectivity index (χ1n) is 6.50. The Morgan fingerprint density at radius 1 is 1.39 bits per heavy atom. The molecule has 2 aromatic heterocycles. The molecule has 3 rings (SSSR count). The minimum atomic E-state index is 0.686. The van der Waals surface area contributed by atoms with Crippen LogP contribution < -0.4 is 5.32 Å². The molecule has 0 saturated carbocycles. The summed E-state index contributed by atoms with van der Waals surface area (Å²) in [4.78, 5) is 12.3. The summed E-state index contributed by atoms with van der Waals surface area (Å²) in [6.07, 6.45) is 6.11. The Morgan fingerprint density at radius 2 is 2.33 bits per heavy atom. The quantitative estimate of drug-likeness (QED) is 0.864. The summed E-state index contributed by atoms with van der Waals surface area (Å²) < 4.78 is 0. The van der Waals surface area contributed by atoms with Crippen molar-refractivity contribution >= 4 is 0 Å². The highest BCUT2D eigenvalue weighted by Crippen LogP contribution is 2.19. The van der Waals surface area contributed by atoms with Crippen LogP contribution in [0.3, 0.4) is 0 Å². The molecule has 4 heteroatoms. The van der Waals surface area contributed by atoms with E-state index in [2.05, 4.69) is 20.3 Å². The van der Waals surface area contributed by atoms with Crippen LogP contribution in [0.15, 0.2) is 24.5 Å². The fourth-order valence-corrected chi connectivity index (χ4v) is 2.50. The highest BCUT2D eigenvalue weighted by molar-refractivity contribution is 5.58. The van der Waals surface area contributed by atoms with Crippen LogP contribution in [0.25, 0.3) is 11.3 Å². The molecule has 0 aromatic carbocycles. The molecule has 0 aliphatic carbocycles. The van der Waals surface area contributed by atoms with Gasteiger partial charge >= 0.3 is 0 Å². The smallest absolute Gasteiger partial charge is 0.129 e. The number of hydrogen-bond donors (Lipinski definition) is 2. The lowest BCUT2D eigenvalue weighted by molar-refractivity contribution is 0.561. The minimum absolute atomic E-state index is 0.686. The summed E-state index contributed by atoms with van der Waals surface area (Å²) in [5.41, 5.74) is 3.19. The van der Waals surface area contributed by atoms with Crippen LogP contribution in [0.4, 0.5) is 0 Å². The Bertz CT molecular complexity index is 513. The summed E-state index contributed by atoms with van der Waals surface area (Å²) in [6.45, 7) is 4.26. The van der Waals surface area contributed by atoms with Crippen LogP contribution in [0, 0.1) is 12.8 Å². The third-order valence-corrected chi connectivity index (χ3v) is 3.43. The van der Waals surface area contributed by atoms with E-state index in [0.29, 0.717) is 5.92 Å². The Kier molecular flexibility index (Phi) is 3.11. The fourth-order valence-electron chi connectivity index (χ4n) is 2.50. The zero-order valence-electron chi connectivity index (χ0n) is 10.6. The van der Waals surface area contributed by atoms with Gasteiger partial charge in [-0.15, -0.1) is 0 Å². The molecule has 18 heavy (non-hydrogen) atoms. The van der Waals surface area contributed by atoms with E-state index in [1.807, 2.05) is 31.5 Å². The molecule has 0 spiro atoms. The van der Waals surface area contributed by atoms with Crippen LogP contribution >= 0.6 is 0 Å². The number of nitrogens with zero attached hydrogens (tertiary/aromatic N) is 2. The zero-order chi connectivity index (χ0) is 12.4. The second-order valence-corrected chi connectivity index (χ2v) is 4.97. The van der Waals surface area contributed by atoms with Gasteiger partial charge in [0.25, 0.3) is 0 Å². The maximum atomic E-state index is 4.68. The molecule has 1 aliphatic heterocycles. The van der Waals surface area contributed by atoms with Crippen molar-refractivity contribution in [2.75, 3.05) is 13.1 Å². The lowest BCUT2D eigenvalue weighted by Gasteiger charge is -2.09. The predicted octanol–water partition coefficient (Wildman–Crippen LogP) is 1.93. The molecule has 1 atom stereocenters. The lowest BCUT2D eigenvalue weighted by atomic mass is 10.0. The maximum absolute atomic E-state index is 4.68. The summed E-state index contributed by atoms with van der Waals surface area (Å²) >= 11 is 0. The van der Waals surface area contributed by atoms with Gasteiger partial charge < -0.3 is 10.3 Å². The van der Waals surface area contributed by atoms with Gasteiger partial charge in [-0.25, -0.2) is 9.97 Å². The van der Waals surface area contributed by atoms with Gasteiger partial charge in [0.15, 0.2) is 0 Å². The molecular formula is C14H18N4. The van der Waals surface area contributed by atoms with Gasteiger partial charge in [-0.2, -0.15) is 0 Å². The van der Waals surface area contributed by atoms with E-state index in [0.717, 1.165) is 42.3 Å². The average molecular weight is 242 g/mol. The van der Waals surface area contributed by atoms with Crippen molar-refractivity contribution in [3.8, 4) is 11.3 Å². The predicted molar refractivity (Wildman–Crippen MR) is 71.2 cm³/mol. The van der Waals surface area contributed by atoms with E-state index in [1.165, 1.54) is 6.42 Å². The molecule has 1 fully saturated rings. The SMILES string of the molecule is Cc1cc(-c2cc[nH]c2)nc(CC2CCNC2)n1. The normalized spacial score (nSPS) is 19.3. The van der Waals surface area contributed by atoms with Crippen LogP contribution in [-0.4, -0.2) is 28.0 Å². The fraction of sp³-hybridized carbons (Fsp3) is 0.429. The molecule has 0 bridgehead atoms. The van der Waals surface area contributed by atoms with Gasteiger partial charge in [-0.05, 0) is 44.5 Å². The summed E-state index contributed by atoms with van der Waals surface area (Å²) in [5, 5.41) is 3.39. The molecule has 0 amide bonds. The van der Waals surface area contributed by atoms with Crippen molar-refractivity contribution in [1.29, 1.82) is 0 Å². The van der Waals surface area contributed by atoms with Crippen LogP contribution in [0.2, 0.25) is 0 Å². The van der Waals surface area contributed by atoms with E-state index in [1.54, 1.807) is 0 Å². The molecule has 1 saturated heterocycles. The number of nitrogens with one attached hydrogen (secondary N) is 2. The van der Waals surface area contributed by atoms with Crippen LogP contribution in [0.5, 0.6) is 0 Å². The first-order chi connectivity index (χ1) is 8.81. The number of rotatable bonds is 3. The van der Waals surface area contributed by atoms with Crippen molar-refractivity contribution < 1.29 is 0 Å². The molecule has 0 radical (unpaired) electrons. The van der Waals surface area contributed by atoms with E-state index in [9.17, 15) is 0 Å². The van der Waals surface area contributed by atoms with Crippen molar-refractivity contribution in [2.24, 2.45) is 5.92 Å². The zero-order valence-corrected chi connectivity index (χ0v) is 10.6. The van der Waals surface area contributed by atoms with E-state index >= 15 is 0 Å². The van der Waals surface area contributed by atoms with Gasteiger partial charge in [-0.1, -0.05) is 0 Å². The molecule has 1 aliphatic rings. The average Bonchev–Trinajstić information content (AvgIpc) is 3.00. The molecular weight excluding hydrogens is 224 g/mol. The minimum Gasteiger partial charge on any atom is -0.367 e. The van der Waals surface area contributed by atoms with Gasteiger partial charge in [-0.3, -0.25) is 0 Å². The Balaban J connectivity index is 1.86. The highest BCUT2D eigenvalue weighted by Gasteiger charge is 2.17. The van der Waals surface area contributed by atoms with E-state index in [-0.39, 0.29) is 0 Å². The molecule has 4 nitrogen and oxygen atoms in total. The first kappa shape index (κ1) is 11.4. The number of aromatic nitrogens is 3. The standard InChI is InChI=1S/C14H18N4/c1-10-6-13(12-3-5-16-9-12)18-14(17-10)7-11-2-4-15-8-11/h3,5-6,9,11,15-16H,2,4,7-8H2,1H3. The largest absolute Gasteiger partial charge is 0.367 e. The molecule has 3 heterocycles. The van der Waals surface area contributed by atoms with Crippen LogP contribution in [0.1, 0.15) is 17.9 Å². The molecule has 2 N–H and O–H groups in total.